The Morgan fingerprint density at radius 1 is 0.913 bits per heavy atom. The highest BCUT2D eigenvalue weighted by atomic mass is 35.5. The van der Waals surface area contributed by atoms with Gasteiger partial charge in [-0.3, -0.25) is 9.59 Å². The van der Waals surface area contributed by atoms with E-state index in [0.29, 0.717) is 21.4 Å². The number of halogens is 2. The third-order valence-electron chi connectivity index (χ3n) is 3.19. The van der Waals surface area contributed by atoms with Gasteiger partial charge in [-0.2, -0.15) is 0 Å². The molecule has 0 heterocycles. The molecule has 0 aliphatic carbocycles. The molecule has 0 unspecified atom stereocenters. The van der Waals surface area contributed by atoms with Crippen molar-refractivity contribution < 1.29 is 9.59 Å². The number of anilines is 2. The van der Waals surface area contributed by atoms with Gasteiger partial charge in [0, 0.05) is 10.7 Å². The van der Waals surface area contributed by atoms with Crippen molar-refractivity contribution in [3.63, 3.8) is 0 Å². The zero-order chi connectivity index (χ0) is 17.0. The van der Waals surface area contributed by atoms with E-state index in [0.717, 1.165) is 11.1 Å². The van der Waals surface area contributed by atoms with Gasteiger partial charge >= 0.3 is 0 Å². The highest BCUT2D eigenvalue weighted by Gasteiger charge is 2.12. The molecular weight excluding hydrogens is 335 g/mol. The van der Waals surface area contributed by atoms with Crippen LogP contribution in [0.1, 0.15) is 17.5 Å². The standard InChI is InChI=1S/C17H16Cl2N2O2/c1-10-3-4-11(2)15(7-10)21-17(23)9-16(22)20-14-6-5-12(18)8-13(14)19/h3-8H,9H2,1-2H3,(H,20,22)(H,21,23). The van der Waals surface area contributed by atoms with Gasteiger partial charge in [-0.1, -0.05) is 35.3 Å². The van der Waals surface area contributed by atoms with Gasteiger partial charge in [0.15, 0.2) is 0 Å². The average Bonchev–Trinajstić information content (AvgIpc) is 2.46. The Hall–Kier alpha value is -2.04. The first-order valence-corrected chi connectivity index (χ1v) is 7.73. The zero-order valence-corrected chi connectivity index (χ0v) is 14.3. The summed E-state index contributed by atoms with van der Waals surface area (Å²) in [5.74, 6) is -0.835. The predicted molar refractivity (Wildman–Crippen MR) is 94.3 cm³/mol. The van der Waals surface area contributed by atoms with Crippen LogP contribution in [0.5, 0.6) is 0 Å². The highest BCUT2D eigenvalue weighted by molar-refractivity contribution is 6.36. The molecule has 0 aromatic heterocycles. The predicted octanol–water partition coefficient (Wildman–Crippen LogP) is 4.58. The number of amides is 2. The van der Waals surface area contributed by atoms with Crippen LogP contribution in [-0.2, 0) is 9.59 Å². The molecule has 23 heavy (non-hydrogen) atoms. The SMILES string of the molecule is Cc1ccc(C)c(NC(=O)CC(=O)Nc2ccc(Cl)cc2Cl)c1. The number of hydrogen-bond acceptors (Lipinski definition) is 2. The number of aryl methyl sites for hydroxylation is 2. The van der Waals surface area contributed by atoms with E-state index in [1.165, 1.54) is 6.07 Å². The molecular formula is C17H16Cl2N2O2. The molecule has 0 spiro atoms. The fraction of sp³-hybridized carbons (Fsp3) is 0.176. The quantitative estimate of drug-likeness (QED) is 0.793. The van der Waals surface area contributed by atoms with Crippen molar-refractivity contribution in [3.05, 3.63) is 57.6 Å². The summed E-state index contributed by atoms with van der Waals surface area (Å²) in [5.41, 5.74) is 3.08. The lowest BCUT2D eigenvalue weighted by Crippen LogP contribution is -2.22. The summed E-state index contributed by atoms with van der Waals surface area (Å²) in [7, 11) is 0. The maximum Gasteiger partial charge on any atom is 0.233 e. The van der Waals surface area contributed by atoms with Crippen molar-refractivity contribution in [3.8, 4) is 0 Å². The van der Waals surface area contributed by atoms with E-state index in [4.69, 9.17) is 23.2 Å². The Kier molecular flexibility index (Phi) is 5.64. The van der Waals surface area contributed by atoms with E-state index in [9.17, 15) is 9.59 Å². The Bertz CT molecular complexity index is 760. The monoisotopic (exact) mass is 350 g/mol. The topological polar surface area (TPSA) is 58.2 Å². The molecule has 2 N–H and O–H groups in total. The largest absolute Gasteiger partial charge is 0.325 e. The third-order valence-corrected chi connectivity index (χ3v) is 3.74. The van der Waals surface area contributed by atoms with E-state index in [1.54, 1.807) is 12.1 Å². The number of hydrogen-bond donors (Lipinski definition) is 2. The van der Waals surface area contributed by atoms with Gasteiger partial charge in [0.05, 0.1) is 10.7 Å². The third kappa shape index (κ3) is 4.98. The molecule has 6 heteroatoms. The molecule has 0 aliphatic heterocycles. The summed E-state index contributed by atoms with van der Waals surface area (Å²) >= 11 is 11.8. The van der Waals surface area contributed by atoms with Crippen LogP contribution in [0.25, 0.3) is 0 Å². The number of carbonyl (C=O) groups is 2. The maximum atomic E-state index is 12.0. The molecule has 0 fully saturated rings. The normalized spacial score (nSPS) is 10.3. The fourth-order valence-electron chi connectivity index (χ4n) is 2.00. The van der Waals surface area contributed by atoms with Crippen LogP contribution in [0.15, 0.2) is 36.4 Å². The van der Waals surface area contributed by atoms with Crippen molar-refractivity contribution in [2.45, 2.75) is 20.3 Å². The summed E-state index contributed by atoms with van der Waals surface area (Å²) in [5, 5.41) is 6.12. The van der Waals surface area contributed by atoms with Crippen LogP contribution in [-0.4, -0.2) is 11.8 Å². The van der Waals surface area contributed by atoms with Gasteiger partial charge in [0.25, 0.3) is 0 Å². The number of rotatable bonds is 4. The molecule has 0 saturated carbocycles. The molecule has 2 aromatic carbocycles. The van der Waals surface area contributed by atoms with E-state index < -0.39 is 5.91 Å². The van der Waals surface area contributed by atoms with Crippen molar-refractivity contribution in [2.75, 3.05) is 10.6 Å². The van der Waals surface area contributed by atoms with Crippen molar-refractivity contribution in [2.24, 2.45) is 0 Å². The maximum absolute atomic E-state index is 12.0. The van der Waals surface area contributed by atoms with E-state index in [1.807, 2.05) is 32.0 Å². The second-order valence-electron chi connectivity index (χ2n) is 5.22. The minimum Gasteiger partial charge on any atom is -0.325 e. The first-order chi connectivity index (χ1) is 10.8. The lowest BCUT2D eigenvalue weighted by Gasteiger charge is -2.10. The van der Waals surface area contributed by atoms with Gasteiger partial charge in [0.2, 0.25) is 11.8 Å². The van der Waals surface area contributed by atoms with Crippen molar-refractivity contribution >= 4 is 46.4 Å². The average molecular weight is 351 g/mol. The van der Waals surface area contributed by atoms with Gasteiger partial charge in [-0.25, -0.2) is 0 Å². The summed E-state index contributed by atoms with van der Waals surface area (Å²) in [6.45, 7) is 3.83. The zero-order valence-electron chi connectivity index (χ0n) is 12.7. The molecule has 0 saturated heterocycles. The molecule has 120 valence electrons. The lowest BCUT2D eigenvalue weighted by molar-refractivity contribution is -0.123. The molecule has 0 atom stereocenters. The van der Waals surface area contributed by atoms with Gasteiger partial charge in [0.1, 0.15) is 6.42 Å². The second kappa shape index (κ2) is 7.49. The Morgan fingerprint density at radius 3 is 2.22 bits per heavy atom. The van der Waals surface area contributed by atoms with E-state index >= 15 is 0 Å². The Labute approximate surface area is 144 Å². The minimum atomic E-state index is -0.447. The fourth-order valence-corrected chi connectivity index (χ4v) is 2.45. The van der Waals surface area contributed by atoms with Crippen LogP contribution in [0, 0.1) is 13.8 Å². The molecule has 0 aliphatic rings. The lowest BCUT2D eigenvalue weighted by atomic mass is 10.1. The van der Waals surface area contributed by atoms with Crippen LogP contribution in [0.4, 0.5) is 11.4 Å². The molecule has 0 radical (unpaired) electrons. The molecule has 2 rings (SSSR count). The molecule has 2 amide bonds. The number of nitrogens with one attached hydrogen (secondary N) is 2. The summed E-state index contributed by atoms with van der Waals surface area (Å²) in [6, 6.07) is 10.5. The number of carbonyl (C=O) groups excluding carboxylic acids is 2. The van der Waals surface area contributed by atoms with Crippen LogP contribution in [0.2, 0.25) is 10.0 Å². The summed E-state index contributed by atoms with van der Waals surface area (Å²) in [6.07, 6.45) is -0.299. The van der Waals surface area contributed by atoms with Crippen LogP contribution < -0.4 is 10.6 Å². The van der Waals surface area contributed by atoms with E-state index in [2.05, 4.69) is 10.6 Å². The molecule has 0 bridgehead atoms. The first kappa shape index (κ1) is 17.3. The summed E-state index contributed by atoms with van der Waals surface area (Å²) in [4.78, 5) is 23.9. The number of benzene rings is 2. The van der Waals surface area contributed by atoms with Crippen molar-refractivity contribution in [1.29, 1.82) is 0 Å². The van der Waals surface area contributed by atoms with Crippen molar-refractivity contribution in [1.82, 2.24) is 0 Å². The molecule has 4 nitrogen and oxygen atoms in total. The minimum absolute atomic E-state index is 0.299. The highest BCUT2D eigenvalue weighted by Crippen LogP contribution is 2.25. The van der Waals surface area contributed by atoms with Gasteiger partial charge < -0.3 is 10.6 Å². The molecule has 2 aromatic rings. The summed E-state index contributed by atoms with van der Waals surface area (Å²) < 4.78 is 0. The van der Waals surface area contributed by atoms with Crippen LogP contribution >= 0.6 is 23.2 Å². The smallest absolute Gasteiger partial charge is 0.233 e. The second-order valence-corrected chi connectivity index (χ2v) is 6.06. The Balaban J connectivity index is 1.97. The van der Waals surface area contributed by atoms with Crippen LogP contribution in [0.3, 0.4) is 0 Å². The van der Waals surface area contributed by atoms with E-state index in [-0.39, 0.29) is 12.3 Å². The first-order valence-electron chi connectivity index (χ1n) is 6.97. The Morgan fingerprint density at radius 2 is 1.57 bits per heavy atom. The van der Waals surface area contributed by atoms with Gasteiger partial charge in [-0.15, -0.1) is 0 Å². The van der Waals surface area contributed by atoms with Gasteiger partial charge in [-0.05, 0) is 49.2 Å².